The van der Waals surface area contributed by atoms with E-state index in [4.69, 9.17) is 5.73 Å². The highest BCUT2D eigenvalue weighted by Gasteiger charge is 2.17. The quantitative estimate of drug-likeness (QED) is 0.767. The first-order valence-electron chi connectivity index (χ1n) is 6.63. The second kappa shape index (κ2) is 5.68. The Morgan fingerprint density at radius 1 is 1.30 bits per heavy atom. The minimum absolute atomic E-state index is 0.0278. The van der Waals surface area contributed by atoms with Gasteiger partial charge in [0.1, 0.15) is 17.2 Å². The number of nitrogens with two attached hydrogens (primary N) is 1. The van der Waals surface area contributed by atoms with Crippen LogP contribution in [-0.4, -0.2) is 33.3 Å². The van der Waals surface area contributed by atoms with Gasteiger partial charge in [0.25, 0.3) is 0 Å². The predicted molar refractivity (Wildman–Crippen MR) is 78.7 cm³/mol. The lowest BCUT2D eigenvalue weighted by Crippen LogP contribution is -2.16. The van der Waals surface area contributed by atoms with Crippen molar-refractivity contribution in [2.75, 3.05) is 24.1 Å². The molecule has 0 saturated heterocycles. The molecule has 3 rings (SSSR count). The highest BCUT2D eigenvalue weighted by atomic mass is 32.1. The van der Waals surface area contributed by atoms with E-state index in [0.717, 1.165) is 42.5 Å². The molecule has 0 spiro atoms. The molecule has 0 aromatic carbocycles. The topological polar surface area (TPSA) is 102 Å². The zero-order valence-corrected chi connectivity index (χ0v) is 12.1. The van der Waals surface area contributed by atoms with Gasteiger partial charge in [-0.15, -0.1) is 10.2 Å². The fraction of sp³-hybridized carbons (Fsp3) is 0.500. The summed E-state index contributed by atoms with van der Waals surface area (Å²) >= 11 is 1.39. The summed E-state index contributed by atoms with van der Waals surface area (Å²) in [6, 6.07) is 0.0278. The van der Waals surface area contributed by atoms with Crippen LogP contribution in [0, 0.1) is 0 Å². The molecular formula is C12H17N7S. The number of hydrogen-bond donors (Lipinski definition) is 3. The van der Waals surface area contributed by atoms with Gasteiger partial charge < -0.3 is 16.4 Å². The number of hydrogen-bond acceptors (Lipinski definition) is 8. The normalized spacial score (nSPS) is 16.2. The van der Waals surface area contributed by atoms with Crippen LogP contribution in [0.3, 0.4) is 0 Å². The summed E-state index contributed by atoms with van der Waals surface area (Å²) in [6.45, 7) is 3.95. The van der Waals surface area contributed by atoms with Crippen molar-refractivity contribution in [3.05, 3.63) is 22.6 Å². The van der Waals surface area contributed by atoms with Crippen molar-refractivity contribution in [2.24, 2.45) is 0 Å². The Morgan fingerprint density at radius 2 is 2.15 bits per heavy atom. The van der Waals surface area contributed by atoms with E-state index in [2.05, 4.69) is 30.8 Å². The Morgan fingerprint density at radius 3 is 2.95 bits per heavy atom. The SMILES string of the molecule is CC(Nc1ncnc2c1CCNCC2)c1nnc(N)s1. The van der Waals surface area contributed by atoms with Crippen LogP contribution >= 0.6 is 11.3 Å². The second-order valence-corrected chi connectivity index (χ2v) is 5.78. The van der Waals surface area contributed by atoms with Crippen LogP contribution in [-0.2, 0) is 12.8 Å². The highest BCUT2D eigenvalue weighted by molar-refractivity contribution is 7.15. The van der Waals surface area contributed by atoms with Gasteiger partial charge in [-0.25, -0.2) is 9.97 Å². The third-order valence-electron chi connectivity index (χ3n) is 3.30. The van der Waals surface area contributed by atoms with Crippen LogP contribution in [0.1, 0.15) is 29.2 Å². The summed E-state index contributed by atoms with van der Waals surface area (Å²) < 4.78 is 0. The zero-order valence-electron chi connectivity index (χ0n) is 11.3. The lowest BCUT2D eigenvalue weighted by Gasteiger charge is -2.15. The molecule has 0 fully saturated rings. The van der Waals surface area contributed by atoms with Crippen LogP contribution in [0.2, 0.25) is 0 Å². The van der Waals surface area contributed by atoms with Crippen LogP contribution in [0.4, 0.5) is 10.9 Å². The van der Waals surface area contributed by atoms with Gasteiger partial charge in [-0.1, -0.05) is 11.3 Å². The van der Waals surface area contributed by atoms with Gasteiger partial charge in [0.2, 0.25) is 5.13 Å². The monoisotopic (exact) mass is 291 g/mol. The van der Waals surface area contributed by atoms with Gasteiger partial charge in [-0.3, -0.25) is 0 Å². The molecule has 3 heterocycles. The number of nitrogens with zero attached hydrogens (tertiary/aromatic N) is 4. The molecule has 0 saturated carbocycles. The molecule has 1 aliphatic rings. The van der Waals surface area contributed by atoms with Crippen LogP contribution < -0.4 is 16.4 Å². The van der Waals surface area contributed by atoms with Gasteiger partial charge in [-0.05, 0) is 19.9 Å². The number of rotatable bonds is 3. The first kappa shape index (κ1) is 13.2. The predicted octanol–water partition coefficient (Wildman–Crippen LogP) is 0.772. The van der Waals surface area contributed by atoms with Crippen molar-refractivity contribution < 1.29 is 0 Å². The van der Waals surface area contributed by atoms with Crippen molar-refractivity contribution in [1.29, 1.82) is 0 Å². The van der Waals surface area contributed by atoms with Gasteiger partial charge in [0, 0.05) is 18.5 Å². The Hall–Kier alpha value is -1.80. The molecule has 20 heavy (non-hydrogen) atoms. The lowest BCUT2D eigenvalue weighted by molar-refractivity contribution is 0.708. The number of anilines is 2. The van der Waals surface area contributed by atoms with Crippen molar-refractivity contribution in [3.8, 4) is 0 Å². The molecule has 0 aliphatic carbocycles. The number of nitrogen functional groups attached to an aromatic ring is 1. The maximum atomic E-state index is 5.62. The number of aromatic nitrogens is 4. The van der Waals surface area contributed by atoms with Gasteiger partial charge in [-0.2, -0.15) is 0 Å². The van der Waals surface area contributed by atoms with E-state index < -0.39 is 0 Å². The Kier molecular flexibility index (Phi) is 3.75. The molecule has 7 nitrogen and oxygen atoms in total. The fourth-order valence-electron chi connectivity index (χ4n) is 2.28. The largest absolute Gasteiger partial charge is 0.374 e. The third-order valence-corrected chi connectivity index (χ3v) is 4.24. The summed E-state index contributed by atoms with van der Waals surface area (Å²) in [6.07, 6.45) is 3.49. The van der Waals surface area contributed by atoms with Crippen molar-refractivity contribution in [2.45, 2.75) is 25.8 Å². The second-order valence-electron chi connectivity index (χ2n) is 4.74. The summed E-state index contributed by atoms with van der Waals surface area (Å²) in [5.41, 5.74) is 7.94. The molecule has 2 aromatic rings. The molecular weight excluding hydrogens is 274 g/mol. The zero-order chi connectivity index (χ0) is 13.9. The Bertz CT molecular complexity index is 597. The molecule has 0 bridgehead atoms. The maximum absolute atomic E-state index is 5.62. The van der Waals surface area contributed by atoms with Crippen LogP contribution in [0.25, 0.3) is 0 Å². The smallest absolute Gasteiger partial charge is 0.203 e. The maximum Gasteiger partial charge on any atom is 0.203 e. The van der Waals surface area contributed by atoms with Gasteiger partial charge in [0.05, 0.1) is 11.7 Å². The van der Waals surface area contributed by atoms with E-state index in [0.29, 0.717) is 5.13 Å². The molecule has 8 heteroatoms. The van der Waals surface area contributed by atoms with Gasteiger partial charge in [0.15, 0.2) is 0 Å². The Labute approximate surface area is 121 Å². The molecule has 0 radical (unpaired) electrons. The molecule has 106 valence electrons. The van der Waals surface area contributed by atoms with E-state index in [-0.39, 0.29) is 6.04 Å². The van der Waals surface area contributed by atoms with E-state index in [1.165, 1.54) is 16.9 Å². The van der Waals surface area contributed by atoms with Crippen LogP contribution in [0.5, 0.6) is 0 Å². The lowest BCUT2D eigenvalue weighted by atomic mass is 10.1. The van der Waals surface area contributed by atoms with E-state index in [9.17, 15) is 0 Å². The number of nitrogens with one attached hydrogen (secondary N) is 2. The van der Waals surface area contributed by atoms with Crippen molar-refractivity contribution >= 4 is 22.3 Å². The third kappa shape index (κ3) is 2.70. The first-order chi connectivity index (χ1) is 9.74. The number of fused-ring (bicyclic) bond motifs is 1. The Balaban J connectivity index is 1.84. The highest BCUT2D eigenvalue weighted by Crippen LogP contribution is 2.25. The first-order valence-corrected chi connectivity index (χ1v) is 7.44. The summed E-state index contributed by atoms with van der Waals surface area (Å²) in [7, 11) is 0. The molecule has 1 unspecified atom stereocenters. The minimum atomic E-state index is 0.0278. The standard InChI is InChI=1S/C12H17N7S/c1-7(11-18-19-12(13)20-11)17-10-8-2-4-14-5-3-9(8)15-6-16-10/h6-7,14H,2-5H2,1H3,(H2,13,19)(H,15,16,17). The van der Waals surface area contributed by atoms with Crippen LogP contribution in [0.15, 0.2) is 6.33 Å². The summed E-state index contributed by atoms with van der Waals surface area (Å²) in [5, 5.41) is 16.0. The van der Waals surface area contributed by atoms with Crippen molar-refractivity contribution in [1.82, 2.24) is 25.5 Å². The molecule has 2 aromatic heterocycles. The molecule has 1 atom stereocenters. The average molecular weight is 291 g/mol. The van der Waals surface area contributed by atoms with Gasteiger partial charge >= 0.3 is 0 Å². The van der Waals surface area contributed by atoms with Crippen molar-refractivity contribution in [3.63, 3.8) is 0 Å². The molecule has 1 aliphatic heterocycles. The fourth-order valence-corrected chi connectivity index (χ4v) is 2.90. The van der Waals surface area contributed by atoms with E-state index in [1.54, 1.807) is 6.33 Å². The summed E-state index contributed by atoms with van der Waals surface area (Å²) in [4.78, 5) is 8.77. The molecule has 4 N–H and O–H groups in total. The van der Waals surface area contributed by atoms with E-state index in [1.807, 2.05) is 6.92 Å². The average Bonchev–Trinajstić information content (AvgIpc) is 2.73. The minimum Gasteiger partial charge on any atom is -0.374 e. The summed E-state index contributed by atoms with van der Waals surface area (Å²) in [5.74, 6) is 0.889. The molecule has 0 amide bonds. The van der Waals surface area contributed by atoms with E-state index >= 15 is 0 Å².